The van der Waals surface area contributed by atoms with Crippen molar-refractivity contribution in [2.24, 2.45) is 5.92 Å². The van der Waals surface area contributed by atoms with E-state index in [0.717, 1.165) is 23.4 Å². The Morgan fingerprint density at radius 1 is 1.12 bits per heavy atom. The van der Waals surface area contributed by atoms with E-state index in [1.54, 1.807) is 36.2 Å². The second kappa shape index (κ2) is 11.5. The Kier molecular flexibility index (Phi) is 8.17. The molecule has 3 aliphatic rings. The van der Waals surface area contributed by atoms with Crippen molar-refractivity contribution in [3.8, 4) is 5.88 Å². The van der Waals surface area contributed by atoms with Gasteiger partial charge in [-0.1, -0.05) is 18.2 Å². The number of hydrogen-bond donors (Lipinski definition) is 0. The average Bonchev–Trinajstić information content (AvgIpc) is 3.08. The monoisotopic (exact) mass is 561 g/mol. The zero-order chi connectivity index (χ0) is 28.5. The highest BCUT2D eigenvalue weighted by atomic mass is 19.4. The molecule has 2 aliphatic heterocycles. The third-order valence-electron chi connectivity index (χ3n) is 8.59. The molecule has 0 N–H and O–H groups in total. The molecule has 0 bridgehead atoms. The predicted molar refractivity (Wildman–Crippen MR) is 141 cm³/mol. The summed E-state index contributed by atoms with van der Waals surface area (Å²) in [6.07, 6.45) is -0.179. The molecule has 1 aliphatic carbocycles. The van der Waals surface area contributed by atoms with Crippen LogP contribution >= 0.6 is 0 Å². The van der Waals surface area contributed by atoms with E-state index in [1.807, 2.05) is 0 Å². The van der Waals surface area contributed by atoms with Crippen LogP contribution in [0.25, 0.3) is 0 Å². The first-order valence-electron chi connectivity index (χ1n) is 14.0. The first kappa shape index (κ1) is 28.5. The van der Waals surface area contributed by atoms with Crippen LogP contribution in [0.5, 0.6) is 5.88 Å². The summed E-state index contributed by atoms with van der Waals surface area (Å²) in [5.74, 6) is 0.0735. The number of ketones is 1. The van der Waals surface area contributed by atoms with E-state index in [-0.39, 0.29) is 23.5 Å². The number of carbonyl (C=O) groups is 2. The molecule has 1 aromatic carbocycles. The number of aromatic nitrogens is 1. The molecule has 0 atom stereocenters. The van der Waals surface area contributed by atoms with Gasteiger partial charge in [-0.25, -0.2) is 9.37 Å². The molecule has 1 fully saturated rings. The van der Waals surface area contributed by atoms with Crippen LogP contribution in [0, 0.1) is 5.92 Å². The summed E-state index contributed by atoms with van der Waals surface area (Å²) < 4.78 is 57.9. The summed E-state index contributed by atoms with van der Waals surface area (Å²) in [5.41, 5.74) is 2.48. The number of nitrogens with zero attached hydrogens (tertiary/aromatic N) is 3. The van der Waals surface area contributed by atoms with Crippen LogP contribution in [0.4, 0.5) is 17.6 Å². The number of rotatable bonds is 8. The van der Waals surface area contributed by atoms with Crippen LogP contribution < -0.4 is 4.74 Å². The summed E-state index contributed by atoms with van der Waals surface area (Å²) in [6, 6.07) is 8.56. The van der Waals surface area contributed by atoms with Gasteiger partial charge in [0.1, 0.15) is 5.67 Å². The highest BCUT2D eigenvalue weighted by Crippen LogP contribution is 2.40. The van der Waals surface area contributed by atoms with E-state index in [4.69, 9.17) is 4.74 Å². The Morgan fingerprint density at radius 2 is 1.88 bits per heavy atom. The SMILES string of the molecule is CN1Cc2c(C(=O)CC3CCC(F)(CCN4CCc5ccc(OCC(F)(F)F)nc5CC4)CC3)cccc2C1=O. The van der Waals surface area contributed by atoms with Crippen LogP contribution in [-0.2, 0) is 19.4 Å². The fraction of sp³-hybridized carbons (Fsp3) is 0.567. The highest BCUT2D eigenvalue weighted by molar-refractivity contribution is 6.05. The molecule has 216 valence electrons. The largest absolute Gasteiger partial charge is 0.468 e. The molecule has 1 amide bonds. The average molecular weight is 562 g/mol. The Bertz CT molecular complexity index is 1260. The number of alkyl halides is 4. The lowest BCUT2D eigenvalue weighted by molar-refractivity contribution is -0.154. The van der Waals surface area contributed by atoms with E-state index < -0.39 is 18.5 Å². The minimum absolute atomic E-state index is 0.0278. The molecule has 0 radical (unpaired) electrons. The summed E-state index contributed by atoms with van der Waals surface area (Å²) in [5, 5.41) is 0. The first-order chi connectivity index (χ1) is 19.0. The van der Waals surface area contributed by atoms with E-state index in [2.05, 4.69) is 9.88 Å². The van der Waals surface area contributed by atoms with E-state index in [1.165, 1.54) is 6.07 Å². The van der Waals surface area contributed by atoms with Crippen molar-refractivity contribution in [3.63, 3.8) is 0 Å². The Hall–Kier alpha value is -3.01. The minimum Gasteiger partial charge on any atom is -0.468 e. The number of benzene rings is 1. The topological polar surface area (TPSA) is 62.7 Å². The maximum atomic E-state index is 15.8. The Balaban J connectivity index is 1.09. The normalized spacial score (nSPS) is 23.5. The predicted octanol–water partition coefficient (Wildman–Crippen LogP) is 5.57. The Labute approximate surface area is 231 Å². The van der Waals surface area contributed by atoms with Crippen LogP contribution in [-0.4, -0.2) is 71.6 Å². The second-order valence-electron chi connectivity index (χ2n) is 11.5. The van der Waals surface area contributed by atoms with Gasteiger partial charge in [-0.15, -0.1) is 0 Å². The van der Waals surface area contributed by atoms with Crippen molar-refractivity contribution in [3.05, 3.63) is 58.3 Å². The van der Waals surface area contributed by atoms with Crippen molar-refractivity contribution in [2.75, 3.05) is 33.3 Å². The number of ether oxygens (including phenoxy) is 1. The third kappa shape index (κ3) is 6.65. The molecule has 10 heteroatoms. The van der Waals surface area contributed by atoms with Gasteiger partial charge in [-0.2, -0.15) is 13.2 Å². The lowest BCUT2D eigenvalue weighted by Gasteiger charge is -2.35. The van der Waals surface area contributed by atoms with Crippen LogP contribution in [0.3, 0.4) is 0 Å². The summed E-state index contributed by atoms with van der Waals surface area (Å²) in [4.78, 5) is 33.5. The maximum Gasteiger partial charge on any atom is 0.422 e. The van der Waals surface area contributed by atoms with Crippen molar-refractivity contribution >= 4 is 11.7 Å². The molecule has 5 rings (SSSR count). The highest BCUT2D eigenvalue weighted by Gasteiger charge is 2.37. The molecule has 0 unspecified atom stereocenters. The van der Waals surface area contributed by atoms with Gasteiger partial charge < -0.3 is 14.5 Å². The van der Waals surface area contributed by atoms with Crippen molar-refractivity contribution < 1.29 is 31.9 Å². The second-order valence-corrected chi connectivity index (χ2v) is 11.5. The molecular weight excluding hydrogens is 526 g/mol. The minimum atomic E-state index is -4.41. The third-order valence-corrected chi connectivity index (χ3v) is 8.59. The molecule has 0 spiro atoms. The first-order valence-corrected chi connectivity index (χ1v) is 14.0. The van der Waals surface area contributed by atoms with Crippen LogP contribution in [0.2, 0.25) is 0 Å². The number of carbonyl (C=O) groups excluding carboxylic acids is 2. The number of amides is 1. The maximum absolute atomic E-state index is 15.8. The van der Waals surface area contributed by atoms with Crippen molar-refractivity contribution in [1.82, 2.24) is 14.8 Å². The molecular formula is C30H35F4N3O3. The fourth-order valence-electron chi connectivity index (χ4n) is 6.18. The molecule has 0 saturated heterocycles. The summed E-state index contributed by atoms with van der Waals surface area (Å²) in [7, 11) is 1.73. The van der Waals surface area contributed by atoms with E-state index >= 15 is 4.39 Å². The van der Waals surface area contributed by atoms with E-state index in [9.17, 15) is 22.8 Å². The lowest BCUT2D eigenvalue weighted by atomic mass is 9.76. The number of Topliss-reactive ketones (excluding diaryl/α,β-unsaturated/α-hetero) is 1. The molecule has 1 aromatic heterocycles. The smallest absolute Gasteiger partial charge is 0.422 e. The zero-order valence-corrected chi connectivity index (χ0v) is 22.7. The molecule has 3 heterocycles. The van der Waals surface area contributed by atoms with Gasteiger partial charge >= 0.3 is 6.18 Å². The number of hydrogen-bond acceptors (Lipinski definition) is 5. The van der Waals surface area contributed by atoms with Gasteiger partial charge in [0.15, 0.2) is 12.4 Å². The van der Waals surface area contributed by atoms with Gasteiger partial charge in [-0.3, -0.25) is 9.59 Å². The van der Waals surface area contributed by atoms with Gasteiger partial charge in [0.25, 0.3) is 5.91 Å². The zero-order valence-electron chi connectivity index (χ0n) is 22.7. The molecule has 1 saturated carbocycles. The van der Waals surface area contributed by atoms with Crippen molar-refractivity contribution in [2.45, 2.75) is 69.8 Å². The fourth-order valence-corrected chi connectivity index (χ4v) is 6.18. The van der Waals surface area contributed by atoms with E-state index in [0.29, 0.717) is 82.1 Å². The number of pyridine rings is 1. The molecule has 6 nitrogen and oxygen atoms in total. The standard InChI is InChI=1S/C30H35F4N3O3/c1-36-18-24-22(3-2-4-23(24)28(36)39)26(38)17-20-7-11-29(31,12-8-20)13-16-37-14-9-21-5-6-27(35-25(21)10-15-37)40-19-30(32,33)34/h2-6,20H,7-19H2,1H3. The Morgan fingerprint density at radius 3 is 2.62 bits per heavy atom. The van der Waals surface area contributed by atoms with Crippen LogP contribution in [0.1, 0.15) is 76.1 Å². The van der Waals surface area contributed by atoms with Crippen LogP contribution in [0.15, 0.2) is 30.3 Å². The molecule has 40 heavy (non-hydrogen) atoms. The molecule has 2 aromatic rings. The summed E-state index contributed by atoms with van der Waals surface area (Å²) in [6.45, 7) is 1.08. The summed E-state index contributed by atoms with van der Waals surface area (Å²) >= 11 is 0. The van der Waals surface area contributed by atoms with Gasteiger partial charge in [-0.05, 0) is 61.6 Å². The number of fused-ring (bicyclic) bond motifs is 2. The quantitative estimate of drug-likeness (QED) is 0.312. The van der Waals surface area contributed by atoms with Crippen molar-refractivity contribution in [1.29, 1.82) is 0 Å². The lowest BCUT2D eigenvalue weighted by Crippen LogP contribution is -2.36. The van der Waals surface area contributed by atoms with Gasteiger partial charge in [0.2, 0.25) is 5.88 Å². The van der Waals surface area contributed by atoms with Gasteiger partial charge in [0.05, 0.1) is 0 Å². The van der Waals surface area contributed by atoms with Gasteiger partial charge in [0, 0.05) is 69.0 Å². The number of halogens is 4.